The Hall–Kier alpha value is -2.88. The molecule has 23 heavy (non-hydrogen) atoms. The van der Waals surface area contributed by atoms with Crippen molar-refractivity contribution < 1.29 is 9.53 Å². The lowest BCUT2D eigenvalue weighted by Gasteiger charge is -2.09. The fraction of sp³-hybridized carbons (Fsp3) is 0.158. The van der Waals surface area contributed by atoms with E-state index in [1.54, 1.807) is 7.11 Å². The molecular weight excluding hydrogens is 288 g/mol. The van der Waals surface area contributed by atoms with Gasteiger partial charge in [-0.3, -0.25) is 9.78 Å². The molecule has 3 aromatic rings. The summed E-state index contributed by atoms with van der Waals surface area (Å²) in [5, 5.41) is 3.96. The molecule has 0 bridgehead atoms. The van der Waals surface area contributed by atoms with E-state index in [1.807, 2.05) is 61.5 Å². The predicted octanol–water partition coefficient (Wildman–Crippen LogP) is 3.73. The molecule has 0 aliphatic rings. The summed E-state index contributed by atoms with van der Waals surface area (Å²) in [6.07, 6.45) is 0.291. The minimum absolute atomic E-state index is 0.0749. The van der Waals surface area contributed by atoms with E-state index < -0.39 is 0 Å². The number of amides is 1. The van der Waals surface area contributed by atoms with Crippen LogP contribution in [0.3, 0.4) is 0 Å². The fourth-order valence-corrected chi connectivity index (χ4v) is 2.51. The van der Waals surface area contributed by atoms with Crippen LogP contribution in [0.5, 0.6) is 5.75 Å². The zero-order valence-corrected chi connectivity index (χ0v) is 13.2. The normalized spacial score (nSPS) is 10.5. The number of nitrogens with zero attached hydrogens (tertiary/aromatic N) is 1. The molecule has 4 nitrogen and oxygen atoms in total. The topological polar surface area (TPSA) is 51.2 Å². The minimum Gasteiger partial charge on any atom is -0.497 e. The van der Waals surface area contributed by atoms with Gasteiger partial charge in [0.25, 0.3) is 0 Å². The van der Waals surface area contributed by atoms with Crippen molar-refractivity contribution in [1.29, 1.82) is 0 Å². The number of carbonyl (C=O) groups excluding carboxylic acids is 1. The molecule has 0 fully saturated rings. The third-order valence-electron chi connectivity index (χ3n) is 3.63. The maximum Gasteiger partial charge on any atom is 0.228 e. The Morgan fingerprint density at radius 1 is 1.13 bits per heavy atom. The molecule has 0 aliphatic carbocycles. The van der Waals surface area contributed by atoms with Gasteiger partial charge in [0.2, 0.25) is 5.91 Å². The van der Waals surface area contributed by atoms with Crippen LogP contribution >= 0.6 is 0 Å². The van der Waals surface area contributed by atoms with Crippen molar-refractivity contribution in [1.82, 2.24) is 4.98 Å². The summed E-state index contributed by atoms with van der Waals surface area (Å²) in [4.78, 5) is 16.9. The lowest BCUT2D eigenvalue weighted by molar-refractivity contribution is -0.115. The highest BCUT2D eigenvalue weighted by Crippen LogP contribution is 2.22. The Morgan fingerprint density at radius 3 is 2.78 bits per heavy atom. The quantitative estimate of drug-likeness (QED) is 0.799. The summed E-state index contributed by atoms with van der Waals surface area (Å²) in [6, 6.07) is 17.3. The molecule has 1 amide bonds. The molecule has 4 heteroatoms. The molecule has 3 rings (SSSR count). The van der Waals surface area contributed by atoms with Gasteiger partial charge in [0.1, 0.15) is 5.75 Å². The first-order chi connectivity index (χ1) is 11.2. The van der Waals surface area contributed by atoms with E-state index >= 15 is 0 Å². The van der Waals surface area contributed by atoms with Gasteiger partial charge in [0.15, 0.2) is 0 Å². The first-order valence-corrected chi connectivity index (χ1v) is 7.45. The van der Waals surface area contributed by atoms with Crippen molar-refractivity contribution in [2.45, 2.75) is 13.3 Å². The van der Waals surface area contributed by atoms with Gasteiger partial charge in [-0.2, -0.15) is 0 Å². The number of aromatic nitrogens is 1. The Morgan fingerprint density at radius 2 is 1.96 bits per heavy atom. The van der Waals surface area contributed by atoms with Crippen LogP contribution in [0.4, 0.5) is 5.69 Å². The van der Waals surface area contributed by atoms with Gasteiger partial charge < -0.3 is 10.1 Å². The van der Waals surface area contributed by atoms with Crippen molar-refractivity contribution in [2.75, 3.05) is 12.4 Å². The number of methoxy groups -OCH3 is 1. The lowest BCUT2D eigenvalue weighted by atomic mass is 10.1. The zero-order valence-electron chi connectivity index (χ0n) is 13.2. The number of anilines is 1. The minimum atomic E-state index is -0.0749. The molecule has 1 aromatic heterocycles. The highest BCUT2D eigenvalue weighted by atomic mass is 16.5. The van der Waals surface area contributed by atoms with Gasteiger partial charge in [-0.05, 0) is 36.8 Å². The molecular formula is C19H18N2O2. The van der Waals surface area contributed by atoms with Crippen molar-refractivity contribution >= 4 is 22.5 Å². The largest absolute Gasteiger partial charge is 0.497 e. The SMILES string of the molecule is COc1cccc(CC(=O)Nc2cccc3ccc(C)nc23)c1. The van der Waals surface area contributed by atoms with Crippen LogP contribution in [0, 0.1) is 6.92 Å². The summed E-state index contributed by atoms with van der Waals surface area (Å²) in [5.74, 6) is 0.673. The molecule has 0 spiro atoms. The molecule has 0 saturated carbocycles. The number of para-hydroxylation sites is 1. The van der Waals surface area contributed by atoms with Gasteiger partial charge in [-0.25, -0.2) is 0 Å². The predicted molar refractivity (Wildman–Crippen MR) is 91.8 cm³/mol. The molecule has 1 heterocycles. The van der Waals surface area contributed by atoms with Gasteiger partial charge in [-0.1, -0.05) is 30.3 Å². The van der Waals surface area contributed by atoms with Gasteiger partial charge >= 0.3 is 0 Å². The number of nitrogens with one attached hydrogen (secondary N) is 1. The van der Waals surface area contributed by atoms with E-state index in [0.717, 1.165) is 33.6 Å². The first kappa shape index (κ1) is 15.0. The number of hydrogen-bond acceptors (Lipinski definition) is 3. The highest BCUT2D eigenvalue weighted by Gasteiger charge is 2.08. The van der Waals surface area contributed by atoms with Gasteiger partial charge in [0.05, 0.1) is 24.7 Å². The van der Waals surface area contributed by atoms with Crippen LogP contribution in [0.1, 0.15) is 11.3 Å². The van der Waals surface area contributed by atoms with E-state index in [1.165, 1.54) is 0 Å². The first-order valence-electron chi connectivity index (χ1n) is 7.45. The van der Waals surface area contributed by atoms with E-state index in [2.05, 4.69) is 10.3 Å². The molecule has 0 saturated heterocycles. The molecule has 0 aliphatic heterocycles. The van der Waals surface area contributed by atoms with Crippen LogP contribution in [0.15, 0.2) is 54.6 Å². The molecule has 0 atom stereocenters. The van der Waals surface area contributed by atoms with Crippen molar-refractivity contribution in [2.24, 2.45) is 0 Å². The molecule has 116 valence electrons. The zero-order chi connectivity index (χ0) is 16.2. The number of pyridine rings is 1. The summed E-state index contributed by atoms with van der Waals surface area (Å²) in [7, 11) is 1.61. The molecule has 2 aromatic carbocycles. The summed E-state index contributed by atoms with van der Waals surface area (Å²) < 4.78 is 5.18. The summed E-state index contributed by atoms with van der Waals surface area (Å²) >= 11 is 0. The standard InChI is InChI=1S/C19H18N2O2/c1-13-9-10-15-6-4-8-17(19(15)20-13)21-18(22)12-14-5-3-7-16(11-14)23-2/h3-11H,12H2,1-2H3,(H,21,22). The van der Waals surface area contributed by atoms with E-state index in [0.29, 0.717) is 6.42 Å². The van der Waals surface area contributed by atoms with E-state index in [9.17, 15) is 4.79 Å². The second kappa shape index (κ2) is 6.48. The van der Waals surface area contributed by atoms with Gasteiger partial charge in [0, 0.05) is 11.1 Å². The smallest absolute Gasteiger partial charge is 0.228 e. The number of carbonyl (C=O) groups is 1. The summed E-state index contributed by atoms with van der Waals surface area (Å²) in [6.45, 7) is 1.94. The van der Waals surface area contributed by atoms with Crippen LogP contribution in [-0.2, 0) is 11.2 Å². The number of rotatable bonds is 4. The molecule has 1 N–H and O–H groups in total. The highest BCUT2D eigenvalue weighted by molar-refractivity contribution is 6.00. The molecule has 0 unspecified atom stereocenters. The maximum absolute atomic E-state index is 12.3. The third-order valence-corrected chi connectivity index (χ3v) is 3.63. The average molecular weight is 306 g/mol. The number of fused-ring (bicyclic) bond motifs is 1. The fourth-order valence-electron chi connectivity index (χ4n) is 2.51. The Kier molecular flexibility index (Phi) is 4.24. The monoisotopic (exact) mass is 306 g/mol. The Labute approximate surface area is 135 Å². The third kappa shape index (κ3) is 3.48. The Bertz CT molecular complexity index is 859. The Balaban J connectivity index is 1.81. The van der Waals surface area contributed by atoms with Crippen molar-refractivity contribution in [3.05, 3.63) is 65.9 Å². The maximum atomic E-state index is 12.3. The second-order valence-corrected chi connectivity index (χ2v) is 5.41. The average Bonchev–Trinajstić information content (AvgIpc) is 2.55. The molecule has 0 radical (unpaired) electrons. The van der Waals surface area contributed by atoms with Crippen LogP contribution in [-0.4, -0.2) is 18.0 Å². The summed E-state index contributed by atoms with van der Waals surface area (Å²) in [5.41, 5.74) is 3.38. The second-order valence-electron chi connectivity index (χ2n) is 5.41. The number of ether oxygens (including phenoxy) is 1. The number of aryl methyl sites for hydroxylation is 1. The van der Waals surface area contributed by atoms with Crippen molar-refractivity contribution in [3.63, 3.8) is 0 Å². The van der Waals surface area contributed by atoms with Crippen LogP contribution in [0.25, 0.3) is 10.9 Å². The van der Waals surface area contributed by atoms with Gasteiger partial charge in [-0.15, -0.1) is 0 Å². The van der Waals surface area contributed by atoms with Crippen molar-refractivity contribution in [3.8, 4) is 5.75 Å². The van der Waals surface area contributed by atoms with Crippen LogP contribution < -0.4 is 10.1 Å². The number of benzene rings is 2. The lowest BCUT2D eigenvalue weighted by Crippen LogP contribution is -2.15. The number of hydrogen-bond donors (Lipinski definition) is 1. The van der Waals surface area contributed by atoms with Crippen LogP contribution in [0.2, 0.25) is 0 Å². The van der Waals surface area contributed by atoms with E-state index in [-0.39, 0.29) is 5.91 Å². The van der Waals surface area contributed by atoms with E-state index in [4.69, 9.17) is 4.74 Å².